The molecule has 1 unspecified atom stereocenters. The van der Waals surface area contributed by atoms with Crippen LogP contribution in [-0.2, 0) is 24.5 Å². The van der Waals surface area contributed by atoms with Crippen molar-refractivity contribution < 1.29 is 37.4 Å². The third-order valence-corrected chi connectivity index (χ3v) is 3.16. The van der Waals surface area contributed by atoms with Crippen molar-refractivity contribution in [3.05, 3.63) is 0 Å². The van der Waals surface area contributed by atoms with E-state index in [4.69, 9.17) is 5.11 Å². The highest BCUT2D eigenvalue weighted by molar-refractivity contribution is 7.88. The zero-order chi connectivity index (χ0) is 16.2. The van der Waals surface area contributed by atoms with Gasteiger partial charge in [-0.1, -0.05) is 0 Å². The number of carbonyl (C=O) groups excluding carboxylic acids is 3. The topological polar surface area (TPSA) is 171 Å². The molecular formula is C8H12N4O8S. The zero-order valence-electron chi connectivity index (χ0n) is 10.7. The van der Waals surface area contributed by atoms with Crippen molar-refractivity contribution in [2.45, 2.75) is 6.04 Å². The molecule has 1 atom stereocenters. The molecule has 0 bridgehead atoms. The summed E-state index contributed by atoms with van der Waals surface area (Å²) < 4.78 is 30.0. The molecular weight excluding hydrogens is 312 g/mol. The van der Waals surface area contributed by atoms with Crippen molar-refractivity contribution in [2.75, 3.05) is 20.3 Å². The highest BCUT2D eigenvalue weighted by Crippen LogP contribution is 2.10. The van der Waals surface area contributed by atoms with Gasteiger partial charge in [0.25, 0.3) is 11.8 Å². The fraction of sp³-hybridized carbons (Fsp3) is 0.500. The summed E-state index contributed by atoms with van der Waals surface area (Å²) in [5, 5.41) is 10.2. The molecule has 0 spiro atoms. The first-order valence-electron chi connectivity index (χ1n) is 5.33. The van der Waals surface area contributed by atoms with Crippen molar-refractivity contribution in [1.29, 1.82) is 0 Å². The van der Waals surface area contributed by atoms with Gasteiger partial charge in [0.05, 0.1) is 6.54 Å². The maximum absolute atomic E-state index is 11.5. The number of carbonyl (C=O) groups is 4. The number of rotatable bonds is 5. The normalized spacial score (nSPS) is 17.7. The van der Waals surface area contributed by atoms with Crippen molar-refractivity contribution >= 4 is 34.1 Å². The second-order valence-corrected chi connectivity index (χ2v) is 5.23. The number of carboxylic acid groups (broad SMARTS) is 1. The molecule has 1 rings (SSSR count). The van der Waals surface area contributed by atoms with Crippen molar-refractivity contribution in [1.82, 2.24) is 19.7 Å². The molecule has 0 aliphatic carbocycles. The summed E-state index contributed by atoms with van der Waals surface area (Å²) in [7, 11) is -3.33. The highest BCUT2D eigenvalue weighted by Gasteiger charge is 2.42. The lowest BCUT2D eigenvalue weighted by atomic mass is 10.1. The Balaban J connectivity index is 2.53. The lowest BCUT2D eigenvalue weighted by Gasteiger charge is -2.35. The summed E-state index contributed by atoms with van der Waals surface area (Å²) in [5.74, 6) is -1.92. The largest absolute Gasteiger partial charge is 0.465 e. The number of nitrogens with zero attached hydrogens (tertiary/aromatic N) is 1. The number of imide groups is 1. The lowest BCUT2D eigenvalue weighted by Crippen LogP contribution is -2.67. The van der Waals surface area contributed by atoms with Gasteiger partial charge in [-0.3, -0.25) is 14.5 Å². The highest BCUT2D eigenvalue weighted by atomic mass is 32.2. The molecule has 1 aliphatic heterocycles. The van der Waals surface area contributed by atoms with Crippen LogP contribution in [-0.4, -0.2) is 68.7 Å². The third kappa shape index (κ3) is 4.57. The molecule has 12 nitrogen and oxygen atoms in total. The van der Waals surface area contributed by atoms with Gasteiger partial charge < -0.3 is 15.2 Å². The number of ether oxygens (including phenoxy) is 1. The second-order valence-electron chi connectivity index (χ2n) is 3.82. The molecule has 0 aromatic heterocycles. The van der Waals surface area contributed by atoms with Crippen LogP contribution in [0, 0.1) is 0 Å². The summed E-state index contributed by atoms with van der Waals surface area (Å²) >= 11 is 0. The fourth-order valence-electron chi connectivity index (χ4n) is 1.37. The Bertz CT molecular complexity index is 573. The Kier molecular flexibility index (Phi) is 5.04. The SMILES string of the molecule is COCC(=O)NS(=O)(=O)NC(=O)N1CC(NC(=O)O)C1=O. The van der Waals surface area contributed by atoms with Crippen LogP contribution in [0.4, 0.5) is 9.59 Å². The average Bonchev–Trinajstić information content (AvgIpc) is 2.31. The van der Waals surface area contributed by atoms with E-state index in [1.54, 1.807) is 0 Å². The summed E-state index contributed by atoms with van der Waals surface area (Å²) in [6.07, 6.45) is -1.45. The van der Waals surface area contributed by atoms with E-state index < -0.39 is 46.8 Å². The minimum atomic E-state index is -4.50. The van der Waals surface area contributed by atoms with E-state index in [9.17, 15) is 27.6 Å². The van der Waals surface area contributed by atoms with Crippen LogP contribution in [0.25, 0.3) is 0 Å². The number of amides is 5. The standard InChI is InChI=1S/C8H12N4O8S/c1-20-3-5(13)10-21(18,19)11-7(15)12-2-4(6(12)14)9-8(16)17/h4,9H,2-3H2,1H3,(H,10,13)(H,11,15)(H,16,17). The minimum Gasteiger partial charge on any atom is -0.465 e. The van der Waals surface area contributed by atoms with Gasteiger partial charge in [0.2, 0.25) is 0 Å². The number of urea groups is 1. The van der Waals surface area contributed by atoms with Gasteiger partial charge in [-0.25, -0.2) is 19.0 Å². The molecule has 21 heavy (non-hydrogen) atoms. The van der Waals surface area contributed by atoms with Gasteiger partial charge in [-0.05, 0) is 0 Å². The van der Waals surface area contributed by atoms with E-state index in [0.717, 1.165) is 0 Å². The van der Waals surface area contributed by atoms with Gasteiger partial charge in [0.1, 0.15) is 12.6 Å². The Labute approximate surface area is 118 Å². The van der Waals surface area contributed by atoms with E-state index in [1.807, 2.05) is 5.32 Å². The number of hydrogen-bond donors (Lipinski definition) is 4. The molecule has 5 amide bonds. The Morgan fingerprint density at radius 1 is 1.38 bits per heavy atom. The molecule has 1 heterocycles. The van der Waals surface area contributed by atoms with Gasteiger partial charge >= 0.3 is 22.3 Å². The van der Waals surface area contributed by atoms with Crippen LogP contribution in [0.1, 0.15) is 0 Å². The first kappa shape index (κ1) is 16.6. The van der Waals surface area contributed by atoms with Crippen molar-refractivity contribution in [3.8, 4) is 0 Å². The molecule has 1 saturated heterocycles. The second kappa shape index (κ2) is 6.36. The monoisotopic (exact) mass is 324 g/mol. The summed E-state index contributed by atoms with van der Waals surface area (Å²) in [4.78, 5) is 44.6. The summed E-state index contributed by atoms with van der Waals surface area (Å²) in [6.45, 7) is -0.860. The Morgan fingerprint density at radius 2 is 2.00 bits per heavy atom. The molecule has 1 fully saturated rings. The molecule has 13 heteroatoms. The van der Waals surface area contributed by atoms with Crippen LogP contribution < -0.4 is 14.8 Å². The Morgan fingerprint density at radius 3 is 2.48 bits per heavy atom. The van der Waals surface area contributed by atoms with E-state index in [0.29, 0.717) is 4.90 Å². The first-order chi connectivity index (χ1) is 9.66. The molecule has 118 valence electrons. The first-order valence-corrected chi connectivity index (χ1v) is 6.81. The van der Waals surface area contributed by atoms with Crippen LogP contribution >= 0.6 is 0 Å². The zero-order valence-corrected chi connectivity index (χ0v) is 11.5. The van der Waals surface area contributed by atoms with Gasteiger partial charge in [0, 0.05) is 7.11 Å². The van der Waals surface area contributed by atoms with Crippen molar-refractivity contribution in [3.63, 3.8) is 0 Å². The van der Waals surface area contributed by atoms with Crippen LogP contribution in [0.15, 0.2) is 0 Å². The molecule has 4 N–H and O–H groups in total. The maximum Gasteiger partial charge on any atom is 0.405 e. The van der Waals surface area contributed by atoms with Crippen LogP contribution in [0.3, 0.4) is 0 Å². The number of β-lactam (4-membered cyclic amide) rings is 1. The predicted octanol–water partition coefficient (Wildman–Crippen LogP) is -2.82. The van der Waals surface area contributed by atoms with Crippen molar-refractivity contribution in [2.24, 2.45) is 0 Å². The predicted molar refractivity (Wildman–Crippen MR) is 64.1 cm³/mol. The average molecular weight is 324 g/mol. The molecule has 1 aliphatic rings. The van der Waals surface area contributed by atoms with E-state index in [1.165, 1.54) is 16.6 Å². The molecule has 0 radical (unpaired) electrons. The Hall–Kier alpha value is -2.41. The number of nitrogens with one attached hydrogen (secondary N) is 3. The van der Waals surface area contributed by atoms with E-state index >= 15 is 0 Å². The van der Waals surface area contributed by atoms with Gasteiger partial charge in [0.15, 0.2) is 0 Å². The smallest absolute Gasteiger partial charge is 0.405 e. The maximum atomic E-state index is 11.5. The quantitative estimate of drug-likeness (QED) is 0.392. The number of methoxy groups -OCH3 is 1. The summed E-state index contributed by atoms with van der Waals surface area (Å²) in [6, 6.07) is -2.42. The molecule has 0 aromatic carbocycles. The number of hydrogen-bond acceptors (Lipinski definition) is 7. The lowest BCUT2D eigenvalue weighted by molar-refractivity contribution is -0.139. The van der Waals surface area contributed by atoms with Gasteiger partial charge in [-0.15, -0.1) is 0 Å². The molecule has 0 saturated carbocycles. The van der Waals surface area contributed by atoms with E-state index in [-0.39, 0.29) is 6.54 Å². The number of likely N-dealkylation sites (tertiary alicyclic amines) is 1. The van der Waals surface area contributed by atoms with Crippen LogP contribution in [0.2, 0.25) is 0 Å². The minimum absolute atomic E-state index is 0.321. The fourth-order valence-corrected chi connectivity index (χ4v) is 2.12. The summed E-state index contributed by atoms with van der Waals surface area (Å²) in [5.41, 5.74) is 0. The van der Waals surface area contributed by atoms with E-state index in [2.05, 4.69) is 4.74 Å². The van der Waals surface area contributed by atoms with Crippen LogP contribution in [0.5, 0.6) is 0 Å². The molecule has 0 aromatic rings. The van der Waals surface area contributed by atoms with Gasteiger partial charge in [-0.2, -0.15) is 8.42 Å². The third-order valence-electron chi connectivity index (χ3n) is 2.22.